The molecule has 0 atom stereocenters. The Kier molecular flexibility index (Phi) is 6.41. The van der Waals surface area contributed by atoms with Crippen molar-refractivity contribution in [2.75, 3.05) is 37.5 Å². The fourth-order valence-corrected chi connectivity index (χ4v) is 2.91. The normalized spacial score (nSPS) is 14.0. The number of hydrogen-bond donors (Lipinski definition) is 1. The molecule has 0 unspecified atom stereocenters. The predicted octanol–water partition coefficient (Wildman–Crippen LogP) is 3.08. The molecule has 1 aromatic rings. The minimum absolute atomic E-state index is 0.0370. The SMILES string of the molecule is COc1ccc(Cl)cc1NC(=O)N1CCCN1C(=O)CCSC. The number of carbonyl (C=O) groups is 2. The molecule has 0 bridgehead atoms. The zero-order chi connectivity index (χ0) is 16.8. The van der Waals surface area contributed by atoms with E-state index >= 15 is 0 Å². The number of methoxy groups -OCH3 is 1. The van der Waals surface area contributed by atoms with Crippen LogP contribution in [0.25, 0.3) is 0 Å². The molecule has 1 saturated heterocycles. The smallest absolute Gasteiger partial charge is 0.340 e. The van der Waals surface area contributed by atoms with Crippen molar-refractivity contribution in [3.63, 3.8) is 0 Å². The minimum atomic E-state index is -0.361. The number of nitrogens with one attached hydrogen (secondary N) is 1. The summed E-state index contributed by atoms with van der Waals surface area (Å²) >= 11 is 7.58. The van der Waals surface area contributed by atoms with E-state index in [0.29, 0.717) is 36.0 Å². The van der Waals surface area contributed by atoms with Gasteiger partial charge in [0.25, 0.3) is 0 Å². The highest BCUT2D eigenvalue weighted by molar-refractivity contribution is 7.98. The fraction of sp³-hybridized carbons (Fsp3) is 0.467. The highest BCUT2D eigenvalue weighted by Crippen LogP contribution is 2.28. The van der Waals surface area contributed by atoms with Crippen LogP contribution in [-0.4, -0.2) is 54.2 Å². The Labute approximate surface area is 145 Å². The van der Waals surface area contributed by atoms with Crippen LogP contribution in [0.2, 0.25) is 5.02 Å². The number of ether oxygens (including phenoxy) is 1. The van der Waals surface area contributed by atoms with Gasteiger partial charge in [-0.25, -0.2) is 14.8 Å². The maximum atomic E-state index is 12.5. The molecule has 1 aliphatic rings. The Balaban J connectivity index is 2.07. The molecular formula is C15H20ClN3O3S. The minimum Gasteiger partial charge on any atom is -0.495 e. The number of urea groups is 1. The molecule has 1 heterocycles. The molecule has 6 nitrogen and oxygen atoms in total. The van der Waals surface area contributed by atoms with Crippen LogP contribution in [0.5, 0.6) is 5.75 Å². The molecule has 0 radical (unpaired) electrons. The molecule has 0 spiro atoms. The molecule has 23 heavy (non-hydrogen) atoms. The predicted molar refractivity (Wildman–Crippen MR) is 93.1 cm³/mol. The third-order valence-electron chi connectivity index (χ3n) is 3.48. The van der Waals surface area contributed by atoms with Gasteiger partial charge in [-0.2, -0.15) is 11.8 Å². The second-order valence-corrected chi connectivity index (χ2v) is 6.43. The lowest BCUT2D eigenvalue weighted by atomic mass is 10.3. The van der Waals surface area contributed by atoms with E-state index in [2.05, 4.69) is 5.32 Å². The average Bonchev–Trinajstić information content (AvgIpc) is 3.02. The Morgan fingerprint density at radius 1 is 1.35 bits per heavy atom. The number of rotatable bonds is 5. The number of nitrogens with zero attached hydrogens (tertiary/aromatic N) is 2. The first-order chi connectivity index (χ1) is 11.1. The van der Waals surface area contributed by atoms with E-state index in [1.807, 2.05) is 6.26 Å². The summed E-state index contributed by atoms with van der Waals surface area (Å²) in [5.41, 5.74) is 0.480. The molecule has 0 aromatic heterocycles. The highest BCUT2D eigenvalue weighted by Gasteiger charge is 2.30. The van der Waals surface area contributed by atoms with E-state index < -0.39 is 0 Å². The summed E-state index contributed by atoms with van der Waals surface area (Å²) < 4.78 is 5.22. The molecule has 1 N–H and O–H groups in total. The van der Waals surface area contributed by atoms with E-state index in [0.717, 1.165) is 12.2 Å². The third-order valence-corrected chi connectivity index (χ3v) is 4.32. The number of amides is 3. The molecule has 1 aliphatic heterocycles. The van der Waals surface area contributed by atoms with Gasteiger partial charge in [-0.15, -0.1) is 0 Å². The Morgan fingerprint density at radius 3 is 2.78 bits per heavy atom. The molecule has 1 aromatic carbocycles. The standard InChI is InChI=1S/C15H20ClN3O3S/c1-22-13-5-4-11(16)10-12(13)17-15(21)19-8-3-7-18(19)14(20)6-9-23-2/h4-5,10H,3,6-9H2,1-2H3,(H,17,21). The van der Waals surface area contributed by atoms with Crippen LogP contribution in [0.3, 0.4) is 0 Å². The number of carbonyl (C=O) groups excluding carboxylic acids is 2. The maximum Gasteiger partial charge on any atom is 0.340 e. The van der Waals surface area contributed by atoms with Gasteiger partial charge >= 0.3 is 6.03 Å². The lowest BCUT2D eigenvalue weighted by molar-refractivity contribution is -0.139. The van der Waals surface area contributed by atoms with Crippen molar-refractivity contribution < 1.29 is 14.3 Å². The Hall–Kier alpha value is -1.60. The first kappa shape index (κ1) is 17.7. The van der Waals surface area contributed by atoms with E-state index in [1.54, 1.807) is 30.0 Å². The second kappa shape index (κ2) is 8.31. The highest BCUT2D eigenvalue weighted by atomic mass is 35.5. The monoisotopic (exact) mass is 357 g/mol. The van der Waals surface area contributed by atoms with Crippen LogP contribution >= 0.6 is 23.4 Å². The van der Waals surface area contributed by atoms with Gasteiger partial charge in [0, 0.05) is 30.3 Å². The number of halogens is 1. The second-order valence-electron chi connectivity index (χ2n) is 5.01. The van der Waals surface area contributed by atoms with E-state index in [4.69, 9.17) is 16.3 Å². The summed E-state index contributed by atoms with van der Waals surface area (Å²) in [6, 6.07) is 4.63. The first-order valence-corrected chi connectivity index (χ1v) is 9.05. The zero-order valence-electron chi connectivity index (χ0n) is 13.2. The number of hydrogen-bond acceptors (Lipinski definition) is 4. The first-order valence-electron chi connectivity index (χ1n) is 7.28. The van der Waals surface area contributed by atoms with Gasteiger partial charge in [-0.05, 0) is 30.9 Å². The Morgan fingerprint density at radius 2 is 2.09 bits per heavy atom. The zero-order valence-corrected chi connectivity index (χ0v) is 14.7. The van der Waals surface area contributed by atoms with Gasteiger partial charge in [0.1, 0.15) is 5.75 Å². The van der Waals surface area contributed by atoms with Gasteiger partial charge in [0.05, 0.1) is 12.8 Å². The van der Waals surface area contributed by atoms with E-state index in [1.165, 1.54) is 17.1 Å². The fourth-order valence-electron chi connectivity index (χ4n) is 2.36. The summed E-state index contributed by atoms with van der Waals surface area (Å²) in [6.45, 7) is 1.08. The largest absolute Gasteiger partial charge is 0.495 e. The Bertz CT molecular complexity index is 585. The molecule has 126 valence electrons. The van der Waals surface area contributed by atoms with Gasteiger partial charge in [0.15, 0.2) is 0 Å². The summed E-state index contributed by atoms with van der Waals surface area (Å²) in [6.07, 6.45) is 3.14. The number of thioether (sulfide) groups is 1. The lowest BCUT2D eigenvalue weighted by Crippen LogP contribution is -2.46. The quantitative estimate of drug-likeness (QED) is 0.879. The van der Waals surface area contributed by atoms with Gasteiger partial charge in [-0.3, -0.25) is 4.79 Å². The van der Waals surface area contributed by atoms with Crippen molar-refractivity contribution in [1.29, 1.82) is 0 Å². The summed E-state index contributed by atoms with van der Waals surface area (Å²) in [5, 5.41) is 6.22. The van der Waals surface area contributed by atoms with Crippen molar-refractivity contribution in [2.45, 2.75) is 12.8 Å². The summed E-state index contributed by atoms with van der Waals surface area (Å²) in [5.74, 6) is 1.22. The average molecular weight is 358 g/mol. The van der Waals surface area contributed by atoms with Gasteiger partial charge in [0.2, 0.25) is 5.91 Å². The topological polar surface area (TPSA) is 61.9 Å². The molecule has 0 saturated carbocycles. The lowest BCUT2D eigenvalue weighted by Gasteiger charge is -2.28. The van der Waals surface area contributed by atoms with Gasteiger partial charge in [-0.1, -0.05) is 11.6 Å². The molecule has 3 amide bonds. The molecule has 0 aliphatic carbocycles. The van der Waals surface area contributed by atoms with Crippen molar-refractivity contribution >= 4 is 41.0 Å². The maximum absolute atomic E-state index is 12.5. The van der Waals surface area contributed by atoms with Crippen molar-refractivity contribution in [2.24, 2.45) is 0 Å². The van der Waals surface area contributed by atoms with Crippen LogP contribution in [0.15, 0.2) is 18.2 Å². The summed E-state index contributed by atoms with van der Waals surface area (Å²) in [7, 11) is 1.52. The van der Waals surface area contributed by atoms with Crippen LogP contribution in [-0.2, 0) is 4.79 Å². The van der Waals surface area contributed by atoms with E-state index in [9.17, 15) is 9.59 Å². The number of hydrazine groups is 1. The van der Waals surface area contributed by atoms with Crippen LogP contribution in [0, 0.1) is 0 Å². The molecule has 1 fully saturated rings. The van der Waals surface area contributed by atoms with Crippen LogP contribution in [0.4, 0.5) is 10.5 Å². The van der Waals surface area contributed by atoms with Crippen molar-refractivity contribution in [1.82, 2.24) is 10.0 Å². The van der Waals surface area contributed by atoms with Crippen molar-refractivity contribution in [3.8, 4) is 5.75 Å². The van der Waals surface area contributed by atoms with Crippen LogP contribution < -0.4 is 10.1 Å². The van der Waals surface area contributed by atoms with Crippen LogP contribution in [0.1, 0.15) is 12.8 Å². The number of anilines is 1. The molecule has 8 heteroatoms. The summed E-state index contributed by atoms with van der Waals surface area (Å²) in [4.78, 5) is 24.7. The van der Waals surface area contributed by atoms with Crippen molar-refractivity contribution in [3.05, 3.63) is 23.2 Å². The van der Waals surface area contributed by atoms with Gasteiger partial charge < -0.3 is 10.1 Å². The van der Waals surface area contributed by atoms with E-state index in [-0.39, 0.29) is 11.9 Å². The molecule has 2 rings (SSSR count). The number of benzene rings is 1. The third kappa shape index (κ3) is 4.45. The molecular weight excluding hydrogens is 338 g/mol.